The second-order valence-corrected chi connectivity index (χ2v) is 11.4. The molecule has 0 unspecified atom stereocenters. The van der Waals surface area contributed by atoms with E-state index in [1.807, 2.05) is 14.0 Å². The van der Waals surface area contributed by atoms with Gasteiger partial charge >= 0.3 is 5.91 Å². The van der Waals surface area contributed by atoms with Gasteiger partial charge in [0.05, 0.1) is 22.1 Å². The molecule has 1 amide bonds. The van der Waals surface area contributed by atoms with Crippen LogP contribution in [0.2, 0.25) is 5.02 Å². The molecule has 11 nitrogen and oxygen atoms in total. The molecule has 0 aliphatic carbocycles. The first-order valence-electron chi connectivity index (χ1n) is 12.3. The number of likely N-dealkylation sites (N-methyl/N-ethyl adjacent to an activating group) is 1. The van der Waals surface area contributed by atoms with Gasteiger partial charge in [-0.15, -0.1) is 0 Å². The summed E-state index contributed by atoms with van der Waals surface area (Å²) in [7, 11) is 1.52. The molecule has 3 rings (SSSR count). The first-order chi connectivity index (χ1) is 18.5. The average Bonchev–Trinajstić information content (AvgIpc) is 2.88. The third-order valence-electron chi connectivity index (χ3n) is 5.80. The minimum absolute atomic E-state index is 0.0792. The molecular formula is C26H35ClN5O6S+. The molecule has 0 spiro atoms. The van der Waals surface area contributed by atoms with Crippen molar-refractivity contribution in [1.29, 1.82) is 0 Å². The topological polar surface area (TPSA) is 135 Å². The summed E-state index contributed by atoms with van der Waals surface area (Å²) in [6, 6.07) is 8.96. The molecule has 0 bridgehead atoms. The van der Waals surface area contributed by atoms with E-state index in [-0.39, 0.29) is 38.9 Å². The number of methoxy groups -OCH3 is 1. The molecule has 0 aromatic heterocycles. The number of piperazine rings is 1. The number of benzene rings is 2. The van der Waals surface area contributed by atoms with Gasteiger partial charge in [0.2, 0.25) is 10.0 Å². The SMILES string of the molecule is CN/C=C\C(=[NH2+])NC(=O)c1cc(Oc2ccc(S(=O)(=O)N3CCN(C)CC3)cc2Cl)cc(O[C@@H](C)COC)c1. The second kappa shape index (κ2) is 13.8. The number of sulfonamides is 1. The third kappa shape index (κ3) is 8.41. The summed E-state index contributed by atoms with van der Waals surface area (Å²) in [5.74, 6) is 0.476. The maximum Gasteiger partial charge on any atom is 0.339 e. The lowest BCUT2D eigenvalue weighted by molar-refractivity contribution is -0.115. The van der Waals surface area contributed by atoms with Crippen molar-refractivity contribution in [3.8, 4) is 17.2 Å². The van der Waals surface area contributed by atoms with Crippen LogP contribution in [0.15, 0.2) is 53.6 Å². The molecule has 1 saturated heterocycles. The molecule has 0 saturated carbocycles. The molecule has 1 heterocycles. The highest BCUT2D eigenvalue weighted by molar-refractivity contribution is 7.89. The number of halogens is 1. The second-order valence-electron chi connectivity index (χ2n) is 9.01. The molecule has 2 aromatic carbocycles. The summed E-state index contributed by atoms with van der Waals surface area (Å²) < 4.78 is 44.7. The maximum atomic E-state index is 13.1. The van der Waals surface area contributed by atoms with Crippen LogP contribution in [0.3, 0.4) is 0 Å². The van der Waals surface area contributed by atoms with Crippen LogP contribution >= 0.6 is 11.6 Å². The Labute approximate surface area is 234 Å². The van der Waals surface area contributed by atoms with Gasteiger partial charge in [-0.3, -0.25) is 5.41 Å². The van der Waals surface area contributed by atoms with Crippen molar-refractivity contribution in [1.82, 2.24) is 19.8 Å². The predicted molar refractivity (Wildman–Crippen MR) is 149 cm³/mol. The van der Waals surface area contributed by atoms with Crippen molar-refractivity contribution in [3.63, 3.8) is 0 Å². The molecule has 0 radical (unpaired) electrons. The number of nitrogens with one attached hydrogen (secondary N) is 2. The van der Waals surface area contributed by atoms with E-state index >= 15 is 0 Å². The molecule has 1 aliphatic heterocycles. The number of rotatable bonds is 11. The zero-order valence-corrected chi connectivity index (χ0v) is 24.0. The standard InChI is InChI=1S/C26H34ClN5O6S/c1-18(17-36-4)37-20-13-19(26(33)30-25(28)7-8-29-2)14-21(15-20)38-24-6-5-22(16-23(24)27)39(34,35)32-11-9-31(3)10-12-32/h5-8,13-16,18,29H,9-12,17H2,1-4H3,(H2,28,30,33)/p+1/b8-7-/t18-/m0/s1. The van der Waals surface area contributed by atoms with Gasteiger partial charge in [-0.05, 0) is 44.3 Å². The summed E-state index contributed by atoms with van der Waals surface area (Å²) in [6.45, 7) is 4.26. The summed E-state index contributed by atoms with van der Waals surface area (Å²) in [4.78, 5) is 15.0. The van der Waals surface area contributed by atoms with Crippen LogP contribution in [-0.4, -0.2) is 89.5 Å². The van der Waals surface area contributed by atoms with Crippen molar-refractivity contribution < 1.29 is 32.8 Å². The first kappa shape index (κ1) is 30.4. The number of nitrogens with zero attached hydrogens (tertiary/aromatic N) is 2. The lowest BCUT2D eigenvalue weighted by atomic mass is 10.1. The Kier molecular flexibility index (Phi) is 10.7. The normalized spacial score (nSPS) is 15.6. The maximum absolute atomic E-state index is 13.1. The Morgan fingerprint density at radius 1 is 1.15 bits per heavy atom. The van der Waals surface area contributed by atoms with Crippen molar-refractivity contribution >= 4 is 33.4 Å². The summed E-state index contributed by atoms with van der Waals surface area (Å²) in [5, 5.41) is 11.3. The summed E-state index contributed by atoms with van der Waals surface area (Å²) in [6.07, 6.45) is 2.78. The highest BCUT2D eigenvalue weighted by Gasteiger charge is 2.28. The Balaban J connectivity index is 1.86. The Hall–Kier alpha value is -3.16. The highest BCUT2D eigenvalue weighted by atomic mass is 35.5. The fourth-order valence-electron chi connectivity index (χ4n) is 3.78. The van der Waals surface area contributed by atoms with E-state index in [1.165, 1.54) is 34.6 Å². The fraction of sp³-hybridized carbons (Fsp3) is 0.385. The molecule has 4 N–H and O–H groups in total. The molecule has 39 heavy (non-hydrogen) atoms. The minimum Gasteiger partial charge on any atom is -0.488 e. The number of carbonyl (C=O) groups excluding carboxylic acids is 1. The van der Waals surface area contributed by atoms with Crippen LogP contribution in [0.25, 0.3) is 0 Å². The van der Waals surface area contributed by atoms with Crippen LogP contribution < -0.4 is 25.5 Å². The van der Waals surface area contributed by atoms with E-state index in [9.17, 15) is 13.2 Å². The quantitative estimate of drug-likeness (QED) is 0.266. The number of amides is 1. The van der Waals surface area contributed by atoms with Crippen molar-refractivity contribution in [2.75, 3.05) is 54.0 Å². The van der Waals surface area contributed by atoms with Gasteiger partial charge in [0.1, 0.15) is 23.4 Å². The average molecular weight is 581 g/mol. The monoisotopic (exact) mass is 580 g/mol. The van der Waals surface area contributed by atoms with Gasteiger partial charge in [-0.25, -0.2) is 18.5 Å². The molecular weight excluding hydrogens is 546 g/mol. The molecule has 1 atom stereocenters. The van der Waals surface area contributed by atoms with Gasteiger partial charge in [-0.2, -0.15) is 4.31 Å². The van der Waals surface area contributed by atoms with Crippen LogP contribution in [0.1, 0.15) is 17.3 Å². The number of carbonyl (C=O) groups is 1. The van der Waals surface area contributed by atoms with Crippen molar-refractivity contribution in [3.05, 3.63) is 59.3 Å². The van der Waals surface area contributed by atoms with E-state index in [0.717, 1.165) is 0 Å². The van der Waals surface area contributed by atoms with Gasteiger partial charge in [0.25, 0.3) is 5.84 Å². The number of nitrogens with two attached hydrogens (primary N) is 1. The number of ether oxygens (including phenoxy) is 3. The van der Waals surface area contributed by atoms with Gasteiger partial charge < -0.3 is 24.4 Å². The van der Waals surface area contributed by atoms with Gasteiger partial charge in [0, 0.05) is 58.7 Å². The van der Waals surface area contributed by atoms with E-state index in [4.69, 9.17) is 31.2 Å². The Morgan fingerprint density at radius 3 is 2.49 bits per heavy atom. The molecule has 1 aliphatic rings. The van der Waals surface area contributed by atoms with E-state index < -0.39 is 15.9 Å². The van der Waals surface area contributed by atoms with Crippen LogP contribution in [0, 0.1) is 0 Å². The highest BCUT2D eigenvalue weighted by Crippen LogP contribution is 2.34. The molecule has 2 aromatic rings. The van der Waals surface area contributed by atoms with E-state index in [1.54, 1.807) is 32.5 Å². The Morgan fingerprint density at radius 2 is 1.85 bits per heavy atom. The van der Waals surface area contributed by atoms with Gasteiger partial charge in [-0.1, -0.05) is 11.6 Å². The minimum atomic E-state index is -3.70. The predicted octanol–water partition coefficient (Wildman–Crippen LogP) is 1.10. The van der Waals surface area contributed by atoms with Crippen LogP contribution in [0.5, 0.6) is 17.2 Å². The molecule has 212 valence electrons. The number of hydrogen-bond acceptors (Lipinski definition) is 8. The lowest BCUT2D eigenvalue weighted by Crippen LogP contribution is -2.49. The van der Waals surface area contributed by atoms with Gasteiger partial charge in [0.15, 0.2) is 0 Å². The number of amidine groups is 1. The van der Waals surface area contributed by atoms with Crippen LogP contribution in [0.4, 0.5) is 0 Å². The zero-order chi connectivity index (χ0) is 28.6. The summed E-state index contributed by atoms with van der Waals surface area (Å²) >= 11 is 6.46. The van der Waals surface area contributed by atoms with Crippen molar-refractivity contribution in [2.24, 2.45) is 0 Å². The Bertz CT molecular complexity index is 1310. The lowest BCUT2D eigenvalue weighted by Gasteiger charge is -2.31. The van der Waals surface area contributed by atoms with Crippen molar-refractivity contribution in [2.45, 2.75) is 17.9 Å². The van der Waals surface area contributed by atoms with E-state index in [2.05, 4.69) is 15.5 Å². The first-order valence-corrected chi connectivity index (χ1v) is 14.1. The molecule has 1 fully saturated rings. The third-order valence-corrected chi connectivity index (χ3v) is 7.99. The fourth-order valence-corrected chi connectivity index (χ4v) is 5.51. The molecule has 13 heteroatoms. The smallest absolute Gasteiger partial charge is 0.339 e. The van der Waals surface area contributed by atoms with Crippen LogP contribution in [-0.2, 0) is 14.8 Å². The largest absolute Gasteiger partial charge is 0.488 e. The zero-order valence-electron chi connectivity index (χ0n) is 22.4. The number of hydrogen-bond donors (Lipinski definition) is 3. The summed E-state index contributed by atoms with van der Waals surface area (Å²) in [5.41, 5.74) is 0.221. The van der Waals surface area contributed by atoms with E-state index in [0.29, 0.717) is 38.5 Å².